The van der Waals surface area contributed by atoms with Crippen molar-refractivity contribution in [1.29, 1.82) is 0 Å². The zero-order valence-electron chi connectivity index (χ0n) is 16.7. The van der Waals surface area contributed by atoms with Crippen LogP contribution in [0.4, 0.5) is 5.69 Å². The van der Waals surface area contributed by atoms with Crippen LogP contribution in [0, 0.1) is 0 Å². The lowest BCUT2D eigenvalue weighted by Crippen LogP contribution is -2.37. The van der Waals surface area contributed by atoms with Gasteiger partial charge >= 0.3 is 0 Å². The van der Waals surface area contributed by atoms with Crippen LogP contribution in [0.25, 0.3) is 0 Å². The van der Waals surface area contributed by atoms with Gasteiger partial charge in [0, 0.05) is 37.9 Å². The van der Waals surface area contributed by atoms with Crippen LogP contribution in [0.3, 0.4) is 0 Å². The maximum absolute atomic E-state index is 12.1. The summed E-state index contributed by atoms with van der Waals surface area (Å²) in [6.07, 6.45) is 5.18. The number of rotatable bonds is 8. The number of nitrogens with one attached hydrogen (secondary N) is 3. The van der Waals surface area contributed by atoms with Crippen LogP contribution in [0.5, 0.6) is 0 Å². The van der Waals surface area contributed by atoms with E-state index in [9.17, 15) is 4.79 Å². The van der Waals surface area contributed by atoms with Crippen molar-refractivity contribution in [2.75, 3.05) is 11.9 Å². The summed E-state index contributed by atoms with van der Waals surface area (Å²) in [4.78, 5) is 16.8. The van der Waals surface area contributed by atoms with Crippen molar-refractivity contribution in [1.82, 2.24) is 30.2 Å². The van der Waals surface area contributed by atoms with Crippen LogP contribution in [0.1, 0.15) is 18.2 Å². The first-order valence-corrected chi connectivity index (χ1v) is 9.49. The fourth-order valence-electron chi connectivity index (χ4n) is 2.75. The van der Waals surface area contributed by atoms with E-state index < -0.39 is 0 Å². The van der Waals surface area contributed by atoms with E-state index in [-0.39, 0.29) is 12.5 Å². The molecule has 9 nitrogen and oxygen atoms in total. The highest BCUT2D eigenvalue weighted by molar-refractivity contribution is 5.90. The molecule has 0 aliphatic heterocycles. The molecule has 0 fully saturated rings. The van der Waals surface area contributed by atoms with Gasteiger partial charge in [0.25, 0.3) is 0 Å². The minimum absolute atomic E-state index is 0.125. The number of aromatic nitrogens is 4. The number of aryl methyl sites for hydroxylation is 1. The first-order chi connectivity index (χ1) is 14.1. The maximum atomic E-state index is 12.1. The number of anilines is 1. The number of carbonyl (C=O) groups is 1. The minimum Gasteiger partial charge on any atom is -0.357 e. The van der Waals surface area contributed by atoms with E-state index in [0.717, 1.165) is 29.4 Å². The Labute approximate surface area is 169 Å². The summed E-state index contributed by atoms with van der Waals surface area (Å²) < 4.78 is 3.41. The van der Waals surface area contributed by atoms with Gasteiger partial charge in [0.1, 0.15) is 6.54 Å². The van der Waals surface area contributed by atoms with E-state index in [1.54, 1.807) is 29.3 Å². The van der Waals surface area contributed by atoms with Crippen molar-refractivity contribution in [2.24, 2.45) is 12.0 Å². The molecule has 0 saturated carbocycles. The highest BCUT2D eigenvalue weighted by Crippen LogP contribution is 2.12. The van der Waals surface area contributed by atoms with Crippen LogP contribution in [-0.2, 0) is 31.5 Å². The Kier molecular flexibility index (Phi) is 6.99. The highest BCUT2D eigenvalue weighted by atomic mass is 16.2. The quantitative estimate of drug-likeness (QED) is 0.397. The molecule has 2 heterocycles. The molecule has 3 aromatic rings. The SMILES string of the molecule is CCNC(=NCc1cccc(NC(=O)Cn2cccn2)c1)NCc1ccnn1C. The van der Waals surface area contributed by atoms with E-state index in [4.69, 9.17) is 0 Å². The number of carbonyl (C=O) groups excluding carboxylic acids is 1. The van der Waals surface area contributed by atoms with Gasteiger partial charge in [-0.3, -0.25) is 14.2 Å². The Balaban J connectivity index is 1.58. The number of amides is 1. The topological polar surface area (TPSA) is 101 Å². The van der Waals surface area contributed by atoms with E-state index in [0.29, 0.717) is 13.1 Å². The first kappa shape index (κ1) is 20.1. The first-order valence-electron chi connectivity index (χ1n) is 9.49. The predicted molar refractivity (Wildman–Crippen MR) is 112 cm³/mol. The lowest BCUT2D eigenvalue weighted by molar-refractivity contribution is -0.116. The number of guanidine groups is 1. The Morgan fingerprint density at radius 2 is 2.03 bits per heavy atom. The number of hydrogen-bond acceptors (Lipinski definition) is 4. The molecule has 0 aliphatic carbocycles. The molecule has 3 N–H and O–H groups in total. The smallest absolute Gasteiger partial charge is 0.246 e. The van der Waals surface area contributed by atoms with Gasteiger partial charge in [0.15, 0.2) is 5.96 Å². The van der Waals surface area contributed by atoms with Gasteiger partial charge in [0.05, 0.1) is 18.8 Å². The molecule has 0 spiro atoms. The molecule has 1 amide bonds. The number of hydrogen-bond donors (Lipinski definition) is 3. The van der Waals surface area contributed by atoms with Crippen LogP contribution in [0.15, 0.2) is 60.0 Å². The van der Waals surface area contributed by atoms with E-state index in [2.05, 4.69) is 31.1 Å². The summed E-state index contributed by atoms with van der Waals surface area (Å²) in [7, 11) is 1.91. The number of benzene rings is 1. The molecule has 152 valence electrons. The summed E-state index contributed by atoms with van der Waals surface area (Å²) in [5.74, 6) is 0.599. The van der Waals surface area contributed by atoms with Crippen LogP contribution in [0.2, 0.25) is 0 Å². The fourth-order valence-corrected chi connectivity index (χ4v) is 2.75. The molecular weight excluding hydrogens is 368 g/mol. The minimum atomic E-state index is -0.125. The van der Waals surface area contributed by atoms with Crippen molar-refractivity contribution in [3.05, 3.63) is 66.2 Å². The van der Waals surface area contributed by atoms with Crippen molar-refractivity contribution >= 4 is 17.6 Å². The summed E-state index contributed by atoms with van der Waals surface area (Å²) in [6.45, 7) is 4.09. The molecule has 3 rings (SSSR count). The Morgan fingerprint density at radius 1 is 1.14 bits per heavy atom. The third-order valence-corrected chi connectivity index (χ3v) is 4.20. The predicted octanol–water partition coefficient (Wildman–Crippen LogP) is 1.51. The summed E-state index contributed by atoms with van der Waals surface area (Å²) in [5.41, 5.74) is 2.81. The second-order valence-electron chi connectivity index (χ2n) is 6.45. The van der Waals surface area contributed by atoms with Crippen LogP contribution >= 0.6 is 0 Å². The Morgan fingerprint density at radius 3 is 2.76 bits per heavy atom. The third kappa shape index (κ3) is 6.20. The van der Waals surface area contributed by atoms with Crippen molar-refractivity contribution in [3.63, 3.8) is 0 Å². The Hall–Kier alpha value is -3.62. The van der Waals surface area contributed by atoms with Crippen LogP contribution < -0.4 is 16.0 Å². The maximum Gasteiger partial charge on any atom is 0.246 e. The molecule has 0 saturated heterocycles. The van der Waals surface area contributed by atoms with Gasteiger partial charge in [-0.05, 0) is 36.8 Å². The zero-order chi connectivity index (χ0) is 20.5. The van der Waals surface area contributed by atoms with Gasteiger partial charge in [-0.25, -0.2) is 4.99 Å². The second-order valence-corrected chi connectivity index (χ2v) is 6.45. The molecule has 2 aromatic heterocycles. The standard InChI is InChI=1S/C20H26N8O/c1-3-21-20(23-14-18-8-10-24-27(18)2)22-13-16-6-4-7-17(12-16)26-19(29)15-28-11-5-9-25-28/h4-12H,3,13-15H2,1-2H3,(H,26,29)(H2,21,22,23). The molecular formula is C20H26N8O. The van der Waals surface area contributed by atoms with Crippen molar-refractivity contribution < 1.29 is 4.79 Å². The van der Waals surface area contributed by atoms with Gasteiger partial charge < -0.3 is 16.0 Å². The average molecular weight is 394 g/mol. The third-order valence-electron chi connectivity index (χ3n) is 4.20. The molecule has 9 heteroatoms. The molecule has 0 aliphatic rings. The monoisotopic (exact) mass is 394 g/mol. The van der Waals surface area contributed by atoms with Gasteiger partial charge in [-0.1, -0.05) is 12.1 Å². The highest BCUT2D eigenvalue weighted by Gasteiger charge is 2.05. The van der Waals surface area contributed by atoms with E-state index in [1.165, 1.54) is 0 Å². The van der Waals surface area contributed by atoms with Crippen molar-refractivity contribution in [3.8, 4) is 0 Å². The summed E-state index contributed by atoms with van der Waals surface area (Å²) in [5, 5.41) is 17.6. The zero-order valence-corrected chi connectivity index (χ0v) is 16.7. The normalized spacial score (nSPS) is 11.3. The summed E-state index contributed by atoms with van der Waals surface area (Å²) in [6, 6.07) is 11.4. The fraction of sp³-hybridized carbons (Fsp3) is 0.300. The molecule has 29 heavy (non-hydrogen) atoms. The van der Waals surface area contributed by atoms with Gasteiger partial charge in [-0.15, -0.1) is 0 Å². The largest absolute Gasteiger partial charge is 0.357 e. The second kappa shape index (κ2) is 10.1. The molecule has 0 bridgehead atoms. The molecule has 0 atom stereocenters. The van der Waals surface area contributed by atoms with Crippen molar-refractivity contribution in [2.45, 2.75) is 26.6 Å². The van der Waals surface area contributed by atoms with Gasteiger partial charge in [-0.2, -0.15) is 10.2 Å². The Bertz CT molecular complexity index is 945. The molecule has 0 unspecified atom stereocenters. The lowest BCUT2D eigenvalue weighted by Gasteiger charge is -2.12. The molecule has 0 radical (unpaired) electrons. The number of aliphatic imine (C=N–C) groups is 1. The average Bonchev–Trinajstić information content (AvgIpc) is 3.36. The van der Waals surface area contributed by atoms with E-state index >= 15 is 0 Å². The number of nitrogens with zero attached hydrogens (tertiary/aromatic N) is 5. The molecule has 1 aromatic carbocycles. The lowest BCUT2D eigenvalue weighted by atomic mass is 10.2. The van der Waals surface area contributed by atoms with Gasteiger partial charge in [0.2, 0.25) is 5.91 Å². The summed E-state index contributed by atoms with van der Waals surface area (Å²) >= 11 is 0. The van der Waals surface area contributed by atoms with E-state index in [1.807, 2.05) is 49.0 Å². The van der Waals surface area contributed by atoms with Crippen LogP contribution in [-0.4, -0.2) is 38.0 Å².